The van der Waals surface area contributed by atoms with Gasteiger partial charge in [-0.2, -0.15) is 0 Å². The molecule has 3 N–H and O–H groups in total. The van der Waals surface area contributed by atoms with Crippen LogP contribution in [0.25, 0.3) is 5.65 Å². The molecule has 0 spiro atoms. The van der Waals surface area contributed by atoms with Gasteiger partial charge in [0.2, 0.25) is 5.91 Å². The summed E-state index contributed by atoms with van der Waals surface area (Å²) in [4.78, 5) is 17.0. The summed E-state index contributed by atoms with van der Waals surface area (Å²) < 4.78 is 1.99. The SMILES string of the molecule is Cc1ccc2nc(CNC(=O)C3CCCCC3(C)N)cn2c1.Cl.Cl. The first-order valence-electron chi connectivity index (χ1n) is 7.96. The molecule has 24 heavy (non-hydrogen) atoms. The van der Waals surface area contributed by atoms with Gasteiger partial charge >= 0.3 is 0 Å². The van der Waals surface area contributed by atoms with Crippen LogP contribution in [0.2, 0.25) is 0 Å². The van der Waals surface area contributed by atoms with Gasteiger partial charge in [0.15, 0.2) is 0 Å². The van der Waals surface area contributed by atoms with Crippen LogP contribution in [0, 0.1) is 12.8 Å². The number of carbonyl (C=O) groups excluding carboxylic acids is 1. The third-order valence-corrected chi connectivity index (χ3v) is 4.66. The van der Waals surface area contributed by atoms with Crippen molar-refractivity contribution < 1.29 is 4.79 Å². The highest BCUT2D eigenvalue weighted by Gasteiger charge is 2.37. The van der Waals surface area contributed by atoms with Crippen LogP contribution in [0.1, 0.15) is 43.9 Å². The van der Waals surface area contributed by atoms with Gasteiger partial charge in [-0.1, -0.05) is 18.9 Å². The Balaban J connectivity index is 0.00000144. The summed E-state index contributed by atoms with van der Waals surface area (Å²) >= 11 is 0. The van der Waals surface area contributed by atoms with E-state index < -0.39 is 5.54 Å². The second-order valence-corrected chi connectivity index (χ2v) is 6.73. The molecule has 7 heteroatoms. The van der Waals surface area contributed by atoms with E-state index in [4.69, 9.17) is 5.73 Å². The molecule has 2 unspecified atom stereocenters. The van der Waals surface area contributed by atoms with Crippen molar-refractivity contribution in [2.24, 2.45) is 11.7 Å². The van der Waals surface area contributed by atoms with Crippen molar-refractivity contribution in [2.45, 2.75) is 51.6 Å². The molecule has 1 aliphatic carbocycles. The van der Waals surface area contributed by atoms with Crippen LogP contribution in [0.15, 0.2) is 24.5 Å². The summed E-state index contributed by atoms with van der Waals surface area (Å²) in [6.07, 6.45) is 7.99. The fourth-order valence-electron chi connectivity index (χ4n) is 3.33. The monoisotopic (exact) mass is 372 g/mol. The minimum atomic E-state index is -0.391. The van der Waals surface area contributed by atoms with Gasteiger partial charge in [0, 0.05) is 17.9 Å². The zero-order valence-electron chi connectivity index (χ0n) is 14.1. The highest BCUT2D eigenvalue weighted by atomic mass is 35.5. The summed E-state index contributed by atoms with van der Waals surface area (Å²) in [5, 5.41) is 3.01. The topological polar surface area (TPSA) is 72.4 Å². The number of fused-ring (bicyclic) bond motifs is 1. The van der Waals surface area contributed by atoms with Crippen molar-refractivity contribution >= 4 is 36.4 Å². The normalized spacial score (nSPS) is 23.2. The maximum atomic E-state index is 12.4. The van der Waals surface area contributed by atoms with E-state index in [0.29, 0.717) is 6.54 Å². The molecule has 1 amide bonds. The van der Waals surface area contributed by atoms with Gasteiger partial charge < -0.3 is 15.5 Å². The Bertz CT molecular complexity index is 699. The summed E-state index contributed by atoms with van der Waals surface area (Å²) in [6, 6.07) is 4.02. The van der Waals surface area contributed by atoms with Gasteiger partial charge in [-0.25, -0.2) is 4.98 Å². The minimum Gasteiger partial charge on any atom is -0.350 e. The Morgan fingerprint density at radius 3 is 2.83 bits per heavy atom. The van der Waals surface area contributed by atoms with Crippen molar-refractivity contribution in [3.63, 3.8) is 0 Å². The Labute approximate surface area is 155 Å². The van der Waals surface area contributed by atoms with Gasteiger partial charge in [0.1, 0.15) is 5.65 Å². The summed E-state index contributed by atoms with van der Waals surface area (Å²) in [6.45, 7) is 4.49. The number of hydrogen-bond donors (Lipinski definition) is 2. The van der Waals surface area contributed by atoms with Gasteiger partial charge in [-0.05, 0) is 38.3 Å². The summed E-state index contributed by atoms with van der Waals surface area (Å²) in [7, 11) is 0. The van der Waals surface area contributed by atoms with Gasteiger partial charge in [-0.3, -0.25) is 4.79 Å². The number of rotatable bonds is 3. The molecule has 2 atom stereocenters. The number of nitrogens with two attached hydrogens (primary N) is 1. The summed E-state index contributed by atoms with van der Waals surface area (Å²) in [5.41, 5.74) is 8.85. The average Bonchev–Trinajstić information content (AvgIpc) is 2.86. The number of aryl methyl sites for hydroxylation is 1. The number of nitrogens with one attached hydrogen (secondary N) is 1. The van der Waals surface area contributed by atoms with Crippen LogP contribution in [-0.4, -0.2) is 20.8 Å². The first-order chi connectivity index (χ1) is 10.5. The second kappa shape index (κ2) is 8.19. The largest absolute Gasteiger partial charge is 0.350 e. The number of aromatic nitrogens is 2. The number of amides is 1. The molecular formula is C17H26Cl2N4O. The van der Waals surface area contributed by atoms with E-state index in [9.17, 15) is 4.79 Å². The Kier molecular flexibility index (Phi) is 7.08. The molecule has 134 valence electrons. The summed E-state index contributed by atoms with van der Waals surface area (Å²) in [5.74, 6) is -0.0431. The van der Waals surface area contributed by atoms with Crippen molar-refractivity contribution in [1.82, 2.24) is 14.7 Å². The molecular weight excluding hydrogens is 347 g/mol. The van der Waals surface area contributed by atoms with E-state index in [1.165, 1.54) is 5.56 Å². The van der Waals surface area contributed by atoms with Gasteiger partial charge in [0.25, 0.3) is 0 Å². The fraction of sp³-hybridized carbons (Fsp3) is 0.529. The molecule has 0 bridgehead atoms. The van der Waals surface area contributed by atoms with Crippen molar-refractivity contribution in [3.8, 4) is 0 Å². The second-order valence-electron chi connectivity index (χ2n) is 6.73. The Morgan fingerprint density at radius 1 is 1.38 bits per heavy atom. The lowest BCUT2D eigenvalue weighted by molar-refractivity contribution is -0.128. The van der Waals surface area contributed by atoms with E-state index in [0.717, 1.165) is 37.0 Å². The fourth-order valence-corrected chi connectivity index (χ4v) is 3.33. The standard InChI is InChI=1S/C17H24N4O.2ClH/c1-12-6-7-15-20-13(11-21(15)10-12)9-19-16(22)14-5-3-4-8-17(14,2)18;;/h6-7,10-11,14H,3-5,8-9,18H2,1-2H3,(H,19,22);2*1H. The number of hydrogen-bond acceptors (Lipinski definition) is 3. The quantitative estimate of drug-likeness (QED) is 0.869. The highest BCUT2D eigenvalue weighted by molar-refractivity contribution is 5.85. The smallest absolute Gasteiger partial charge is 0.225 e. The molecule has 0 saturated heterocycles. The van der Waals surface area contributed by atoms with Crippen LogP contribution in [0.3, 0.4) is 0 Å². The molecule has 0 radical (unpaired) electrons. The van der Waals surface area contributed by atoms with Gasteiger partial charge in [0.05, 0.1) is 18.2 Å². The van der Waals surface area contributed by atoms with E-state index in [1.807, 2.05) is 42.8 Å². The zero-order valence-corrected chi connectivity index (χ0v) is 15.8. The van der Waals surface area contributed by atoms with Gasteiger partial charge in [-0.15, -0.1) is 24.8 Å². The highest BCUT2D eigenvalue weighted by Crippen LogP contribution is 2.31. The third kappa shape index (κ3) is 4.41. The molecule has 1 aliphatic rings. The molecule has 2 aromatic heterocycles. The van der Waals surface area contributed by atoms with Crippen LogP contribution in [0.5, 0.6) is 0 Å². The maximum absolute atomic E-state index is 12.4. The van der Waals surface area contributed by atoms with Crippen molar-refractivity contribution in [1.29, 1.82) is 0 Å². The zero-order chi connectivity index (χ0) is 15.7. The molecule has 5 nitrogen and oxygen atoms in total. The van der Waals surface area contributed by atoms with E-state index in [1.54, 1.807) is 0 Å². The average molecular weight is 373 g/mol. The molecule has 1 saturated carbocycles. The third-order valence-electron chi connectivity index (χ3n) is 4.66. The van der Waals surface area contributed by atoms with Crippen molar-refractivity contribution in [3.05, 3.63) is 35.8 Å². The van der Waals surface area contributed by atoms with Crippen LogP contribution < -0.4 is 11.1 Å². The number of pyridine rings is 1. The molecule has 0 aliphatic heterocycles. The predicted octanol–water partition coefficient (Wildman–Crippen LogP) is 3.01. The van der Waals surface area contributed by atoms with Crippen LogP contribution >= 0.6 is 24.8 Å². The first kappa shape index (κ1) is 20.7. The molecule has 0 aromatic carbocycles. The minimum absolute atomic E-state index is 0. The lowest BCUT2D eigenvalue weighted by atomic mass is 9.74. The molecule has 3 rings (SSSR count). The number of imidazole rings is 1. The number of carbonyl (C=O) groups is 1. The lowest BCUT2D eigenvalue weighted by Gasteiger charge is -2.37. The lowest BCUT2D eigenvalue weighted by Crippen LogP contribution is -2.52. The van der Waals surface area contributed by atoms with Crippen molar-refractivity contribution in [2.75, 3.05) is 0 Å². The molecule has 1 fully saturated rings. The molecule has 2 aromatic rings. The maximum Gasteiger partial charge on any atom is 0.225 e. The Hall–Kier alpha value is -1.30. The van der Waals surface area contributed by atoms with Crippen LogP contribution in [-0.2, 0) is 11.3 Å². The Morgan fingerprint density at radius 2 is 2.12 bits per heavy atom. The number of nitrogens with zero attached hydrogens (tertiary/aromatic N) is 2. The predicted molar refractivity (Wildman–Crippen MR) is 101 cm³/mol. The molecule has 2 heterocycles. The number of halogens is 2. The van der Waals surface area contributed by atoms with E-state index >= 15 is 0 Å². The van der Waals surface area contributed by atoms with E-state index in [-0.39, 0.29) is 36.6 Å². The first-order valence-corrected chi connectivity index (χ1v) is 7.96. The van der Waals surface area contributed by atoms with E-state index in [2.05, 4.69) is 10.3 Å². The van der Waals surface area contributed by atoms with Crippen LogP contribution in [0.4, 0.5) is 0 Å².